The van der Waals surface area contributed by atoms with E-state index in [1.807, 2.05) is 18.2 Å². The number of hydrogen-bond donors (Lipinski definition) is 1. The van der Waals surface area contributed by atoms with Crippen LogP contribution < -0.4 is 4.74 Å². The maximum absolute atomic E-state index is 5.78. The Balaban J connectivity index is 1.91. The molecular weight excluding hydrogens is 288 g/mol. The highest BCUT2D eigenvalue weighted by Gasteiger charge is 2.17. The zero-order valence-corrected chi connectivity index (χ0v) is 12.9. The van der Waals surface area contributed by atoms with Gasteiger partial charge in [0.15, 0.2) is 4.77 Å². The van der Waals surface area contributed by atoms with Crippen molar-refractivity contribution in [3.8, 4) is 5.75 Å². The van der Waals surface area contributed by atoms with E-state index in [1.165, 1.54) is 0 Å². The smallest absolute Gasteiger partial charge is 0.178 e. The molecule has 0 aliphatic carbocycles. The maximum atomic E-state index is 5.78. The molecule has 1 atom stereocenters. The van der Waals surface area contributed by atoms with Gasteiger partial charge in [-0.25, -0.2) is 0 Å². The van der Waals surface area contributed by atoms with Crippen molar-refractivity contribution in [1.82, 2.24) is 9.55 Å². The van der Waals surface area contributed by atoms with E-state index in [2.05, 4.69) is 16.5 Å². The van der Waals surface area contributed by atoms with E-state index >= 15 is 0 Å². The normalized spacial score (nSPS) is 19.0. The predicted molar refractivity (Wildman–Crippen MR) is 83.5 cm³/mol. The van der Waals surface area contributed by atoms with Crippen LogP contribution in [0.5, 0.6) is 5.75 Å². The predicted octanol–water partition coefficient (Wildman–Crippen LogP) is 2.90. The fourth-order valence-corrected chi connectivity index (χ4v) is 2.79. The van der Waals surface area contributed by atoms with Gasteiger partial charge in [0.25, 0.3) is 0 Å². The minimum atomic E-state index is 0.0460. The van der Waals surface area contributed by atoms with Crippen molar-refractivity contribution in [2.75, 3.05) is 26.4 Å². The summed E-state index contributed by atoms with van der Waals surface area (Å²) in [6.45, 7) is 5.41. The summed E-state index contributed by atoms with van der Waals surface area (Å²) in [4.78, 5) is 3.25. The van der Waals surface area contributed by atoms with Crippen molar-refractivity contribution in [3.63, 3.8) is 0 Å². The van der Waals surface area contributed by atoms with Crippen LogP contribution in [0.4, 0.5) is 0 Å². The summed E-state index contributed by atoms with van der Waals surface area (Å²) in [6.07, 6.45) is 1.02. The minimum absolute atomic E-state index is 0.0460. The van der Waals surface area contributed by atoms with Gasteiger partial charge in [-0.2, -0.15) is 0 Å². The zero-order chi connectivity index (χ0) is 14.7. The molecular formula is C15H20N2O3S. The number of hydrogen-bond acceptors (Lipinski definition) is 4. The van der Waals surface area contributed by atoms with E-state index in [1.54, 1.807) is 0 Å². The molecule has 6 heteroatoms. The van der Waals surface area contributed by atoms with Gasteiger partial charge in [-0.05, 0) is 30.8 Å². The van der Waals surface area contributed by atoms with Gasteiger partial charge in [0.1, 0.15) is 11.3 Å². The lowest BCUT2D eigenvalue weighted by atomic mass is 10.2. The lowest BCUT2D eigenvalue weighted by molar-refractivity contribution is -0.0933. The summed E-state index contributed by atoms with van der Waals surface area (Å²) in [7, 11) is 0. The lowest BCUT2D eigenvalue weighted by Crippen LogP contribution is -2.32. The third kappa shape index (κ3) is 3.12. The Kier molecular flexibility index (Phi) is 4.57. The molecule has 1 N–H and O–H groups in total. The summed E-state index contributed by atoms with van der Waals surface area (Å²) in [6, 6.07) is 6.00. The van der Waals surface area contributed by atoms with Crippen LogP contribution in [0, 0.1) is 4.77 Å². The zero-order valence-electron chi connectivity index (χ0n) is 12.1. The first kappa shape index (κ1) is 14.6. The SMILES string of the molecule is CCCOc1cccc2c1[nH]c(=S)n2CC1COCCO1. The van der Waals surface area contributed by atoms with E-state index in [9.17, 15) is 0 Å². The third-order valence-corrected chi connectivity index (χ3v) is 3.83. The number of aromatic nitrogens is 2. The highest BCUT2D eigenvalue weighted by molar-refractivity contribution is 7.71. The molecule has 3 rings (SSSR count). The minimum Gasteiger partial charge on any atom is -0.491 e. The number of fused-ring (bicyclic) bond motifs is 1. The van der Waals surface area contributed by atoms with Crippen LogP contribution in [-0.4, -0.2) is 42.1 Å². The van der Waals surface area contributed by atoms with Gasteiger partial charge in [0.05, 0.1) is 44.6 Å². The Morgan fingerprint density at radius 3 is 3.10 bits per heavy atom. The van der Waals surface area contributed by atoms with E-state index in [-0.39, 0.29) is 6.10 Å². The van der Waals surface area contributed by atoms with Crippen LogP contribution >= 0.6 is 12.2 Å². The molecule has 1 unspecified atom stereocenters. The number of aromatic amines is 1. The Morgan fingerprint density at radius 2 is 2.33 bits per heavy atom. The molecule has 0 radical (unpaired) electrons. The number of H-pyrrole nitrogens is 1. The van der Waals surface area contributed by atoms with Crippen molar-refractivity contribution < 1.29 is 14.2 Å². The van der Waals surface area contributed by atoms with Gasteiger partial charge in [0.2, 0.25) is 0 Å². The Bertz CT molecular complexity index is 658. The second kappa shape index (κ2) is 6.60. The monoisotopic (exact) mass is 308 g/mol. The van der Waals surface area contributed by atoms with Gasteiger partial charge in [-0.3, -0.25) is 0 Å². The fourth-order valence-electron chi connectivity index (χ4n) is 2.51. The van der Waals surface area contributed by atoms with Gasteiger partial charge < -0.3 is 23.8 Å². The first-order chi connectivity index (χ1) is 10.3. The van der Waals surface area contributed by atoms with Crippen molar-refractivity contribution >= 4 is 23.3 Å². The average Bonchev–Trinajstić information content (AvgIpc) is 2.83. The molecule has 21 heavy (non-hydrogen) atoms. The van der Waals surface area contributed by atoms with Crippen molar-refractivity contribution in [1.29, 1.82) is 0 Å². The van der Waals surface area contributed by atoms with Crippen LogP contribution in [0.25, 0.3) is 11.0 Å². The van der Waals surface area contributed by atoms with Gasteiger partial charge in [-0.1, -0.05) is 13.0 Å². The molecule has 1 fully saturated rings. The Morgan fingerprint density at radius 1 is 1.43 bits per heavy atom. The van der Waals surface area contributed by atoms with Crippen molar-refractivity contribution in [2.45, 2.75) is 26.0 Å². The first-order valence-corrected chi connectivity index (χ1v) is 7.74. The molecule has 0 amide bonds. The molecule has 1 aromatic heterocycles. The molecule has 1 aromatic carbocycles. The maximum Gasteiger partial charge on any atom is 0.178 e. The molecule has 1 aliphatic rings. The molecule has 2 aromatic rings. The Hall–Kier alpha value is -1.37. The van der Waals surface area contributed by atoms with E-state index in [4.69, 9.17) is 26.4 Å². The van der Waals surface area contributed by atoms with E-state index < -0.39 is 0 Å². The van der Waals surface area contributed by atoms with Crippen molar-refractivity contribution in [3.05, 3.63) is 23.0 Å². The second-order valence-corrected chi connectivity index (χ2v) is 5.49. The standard InChI is InChI=1S/C15H20N2O3S/c1-2-6-20-13-5-3-4-12-14(13)16-15(21)17(12)9-11-10-18-7-8-19-11/h3-5,11H,2,6-10H2,1H3,(H,16,21). The van der Waals surface area contributed by atoms with Gasteiger partial charge in [-0.15, -0.1) is 0 Å². The first-order valence-electron chi connectivity index (χ1n) is 7.33. The largest absolute Gasteiger partial charge is 0.491 e. The van der Waals surface area contributed by atoms with E-state index in [0.29, 0.717) is 37.7 Å². The average molecular weight is 308 g/mol. The molecule has 0 spiro atoms. The number of imidazole rings is 1. The highest BCUT2D eigenvalue weighted by atomic mass is 32.1. The van der Waals surface area contributed by atoms with Crippen LogP contribution in [-0.2, 0) is 16.0 Å². The molecule has 0 saturated carbocycles. The van der Waals surface area contributed by atoms with Crippen LogP contribution in [0.2, 0.25) is 0 Å². The van der Waals surface area contributed by atoms with Gasteiger partial charge >= 0.3 is 0 Å². The number of ether oxygens (including phenoxy) is 3. The summed E-state index contributed by atoms with van der Waals surface area (Å²) in [5.41, 5.74) is 2.00. The topological polar surface area (TPSA) is 48.4 Å². The fraction of sp³-hybridized carbons (Fsp3) is 0.533. The molecule has 114 valence electrons. The third-order valence-electron chi connectivity index (χ3n) is 3.50. The van der Waals surface area contributed by atoms with E-state index in [0.717, 1.165) is 23.2 Å². The molecule has 2 heterocycles. The van der Waals surface area contributed by atoms with Crippen LogP contribution in [0.3, 0.4) is 0 Å². The summed E-state index contributed by atoms with van der Waals surface area (Å²) >= 11 is 5.45. The molecule has 1 saturated heterocycles. The molecule has 1 aliphatic heterocycles. The number of para-hydroxylation sites is 1. The lowest BCUT2D eigenvalue weighted by Gasteiger charge is -2.23. The molecule has 0 bridgehead atoms. The summed E-state index contributed by atoms with van der Waals surface area (Å²) in [5, 5.41) is 0. The molecule has 5 nitrogen and oxygen atoms in total. The number of nitrogens with one attached hydrogen (secondary N) is 1. The van der Waals surface area contributed by atoms with Crippen LogP contribution in [0.1, 0.15) is 13.3 Å². The number of benzene rings is 1. The number of rotatable bonds is 5. The Labute approximate surface area is 128 Å². The number of nitrogens with zero attached hydrogens (tertiary/aromatic N) is 1. The summed E-state index contributed by atoms with van der Waals surface area (Å²) in [5.74, 6) is 0.847. The quantitative estimate of drug-likeness (QED) is 0.863. The van der Waals surface area contributed by atoms with Gasteiger partial charge in [0, 0.05) is 0 Å². The van der Waals surface area contributed by atoms with Crippen LogP contribution in [0.15, 0.2) is 18.2 Å². The highest BCUT2D eigenvalue weighted by Crippen LogP contribution is 2.25. The summed E-state index contributed by atoms with van der Waals surface area (Å²) < 4.78 is 19.7. The second-order valence-electron chi connectivity index (χ2n) is 5.11. The van der Waals surface area contributed by atoms with Crippen molar-refractivity contribution in [2.24, 2.45) is 0 Å².